The number of rotatable bonds is 8. The van der Waals surface area contributed by atoms with Crippen molar-refractivity contribution in [2.75, 3.05) is 0 Å². The monoisotopic (exact) mass is 871 g/mol. The van der Waals surface area contributed by atoms with Gasteiger partial charge in [0.05, 0.1) is 11.4 Å². The first-order valence-corrected chi connectivity index (χ1v) is 18.2. The molecule has 7 rings (SSSR count). The molecule has 16 heteroatoms. The van der Waals surface area contributed by atoms with E-state index < -0.39 is 7.81 Å². The average molecular weight is 871 g/mol. The molecule has 0 aliphatic heterocycles. The van der Waals surface area contributed by atoms with Gasteiger partial charge >= 0.3 is 52.5 Å². The molecule has 0 amide bonds. The van der Waals surface area contributed by atoms with E-state index in [0.717, 1.165) is 34.1 Å². The van der Waals surface area contributed by atoms with Crippen LogP contribution < -0.4 is 0 Å². The zero-order chi connectivity index (χ0) is 39.3. The minimum Gasteiger partial charge on any atom is -0.659 e. The Labute approximate surface area is 332 Å². The van der Waals surface area contributed by atoms with Crippen LogP contribution in [-0.4, -0.2) is 9.97 Å². The second-order valence-corrected chi connectivity index (χ2v) is 12.7. The molecule has 56 heavy (non-hydrogen) atoms. The maximum atomic E-state index is 9.87. The van der Waals surface area contributed by atoms with Crippen LogP contribution in [-0.2, 0) is 19.5 Å². The zero-order valence-corrected chi connectivity index (χ0v) is 31.8. The number of azo groups is 2. The van der Waals surface area contributed by atoms with Crippen LogP contribution in [0.15, 0.2) is 215 Å². The molecule has 0 atom stereocenters. The molecule has 0 saturated carbocycles. The summed E-state index contributed by atoms with van der Waals surface area (Å²) in [5, 5.41) is 25.3. The van der Waals surface area contributed by atoms with E-state index in [1.165, 1.54) is 0 Å². The van der Waals surface area contributed by atoms with E-state index in [1.54, 1.807) is 12.4 Å². The number of hydrogen-bond donors (Lipinski definition) is 0. The summed E-state index contributed by atoms with van der Waals surface area (Å²) in [4.78, 5) is 8.07. The van der Waals surface area contributed by atoms with Gasteiger partial charge in [-0.05, 0) is 48.5 Å². The molecular formula is C40H32F6N8PRu. The Kier molecular flexibility index (Phi) is 16.6. The summed E-state index contributed by atoms with van der Waals surface area (Å²) in [6.07, 6.45) is 3.39. The minimum absolute atomic E-state index is 0. The molecule has 0 aliphatic rings. The van der Waals surface area contributed by atoms with Crippen molar-refractivity contribution in [2.24, 2.45) is 20.5 Å². The first-order valence-electron chi connectivity index (χ1n) is 16.2. The molecule has 0 fully saturated rings. The Hall–Kier alpha value is -6.17. The van der Waals surface area contributed by atoms with Crippen molar-refractivity contribution in [2.45, 2.75) is 0 Å². The summed E-state index contributed by atoms with van der Waals surface area (Å²) in [6, 6.07) is 58.0. The smallest absolute Gasteiger partial charge is 0.659 e. The van der Waals surface area contributed by atoms with Gasteiger partial charge in [-0.1, -0.05) is 133 Å². The van der Waals surface area contributed by atoms with Crippen LogP contribution in [0.4, 0.5) is 70.9 Å². The number of pyridine rings is 2. The van der Waals surface area contributed by atoms with Crippen LogP contribution in [0, 0.1) is 0 Å². The van der Waals surface area contributed by atoms with Crippen molar-refractivity contribution >= 4 is 53.6 Å². The maximum Gasteiger partial charge on any atom is 3.00 e. The van der Waals surface area contributed by atoms with Gasteiger partial charge in [-0.25, -0.2) is 9.97 Å². The van der Waals surface area contributed by atoms with Gasteiger partial charge in [0.2, 0.25) is 0 Å². The molecule has 287 valence electrons. The molecule has 1 radical (unpaired) electrons. The van der Waals surface area contributed by atoms with E-state index in [4.69, 9.17) is 0 Å². The van der Waals surface area contributed by atoms with Crippen molar-refractivity contribution in [1.82, 2.24) is 9.97 Å². The van der Waals surface area contributed by atoms with Crippen LogP contribution in [0.1, 0.15) is 0 Å². The quantitative estimate of drug-likeness (QED) is 0.0657. The van der Waals surface area contributed by atoms with Gasteiger partial charge < -0.3 is 10.6 Å². The van der Waals surface area contributed by atoms with E-state index in [0.29, 0.717) is 11.6 Å². The van der Waals surface area contributed by atoms with Crippen molar-refractivity contribution in [3.05, 3.63) is 205 Å². The molecule has 0 bridgehead atoms. The van der Waals surface area contributed by atoms with E-state index in [9.17, 15) is 25.2 Å². The van der Waals surface area contributed by atoms with Gasteiger partial charge in [0, 0.05) is 12.4 Å². The first kappa shape index (κ1) is 44.2. The van der Waals surface area contributed by atoms with Crippen LogP contribution in [0.3, 0.4) is 0 Å². The molecule has 0 unspecified atom stereocenters. The number of hydrogen-bond acceptors (Lipinski definition) is 6. The Bertz CT molecular complexity index is 1950. The van der Waals surface area contributed by atoms with Gasteiger partial charge in [0.1, 0.15) is 0 Å². The topological polar surface area (TPSA) is 103 Å². The van der Waals surface area contributed by atoms with Gasteiger partial charge in [0.15, 0.2) is 11.6 Å². The normalized spacial score (nSPS) is 11.8. The maximum absolute atomic E-state index is 10.7. The number of para-hydroxylation sites is 4. The van der Waals surface area contributed by atoms with Crippen molar-refractivity contribution in [1.29, 1.82) is 0 Å². The molecule has 5 aromatic carbocycles. The van der Waals surface area contributed by atoms with E-state index in [-0.39, 0.29) is 19.5 Å². The molecule has 0 spiro atoms. The molecular weight excluding hydrogens is 839 g/mol. The third kappa shape index (κ3) is 20.9. The Morgan fingerprint density at radius 2 is 0.643 bits per heavy atom. The van der Waals surface area contributed by atoms with Gasteiger partial charge in [0.25, 0.3) is 0 Å². The minimum atomic E-state index is -10.7. The van der Waals surface area contributed by atoms with E-state index in [1.807, 2.05) is 182 Å². The van der Waals surface area contributed by atoms with Crippen molar-refractivity contribution in [3.8, 4) is 0 Å². The molecule has 2 aromatic heterocycles. The SMILES string of the molecule is F[P-](F)(F)(F)(F)F.[Ru+3].c1ccc(N=Nc2ccccn2)cc1.c1ccc(N=Nc2ccccn2)cc1.c1ccc([N-]c2ccccc2[N-]c2ccccc2)cc1. The summed E-state index contributed by atoms with van der Waals surface area (Å²) < 4.78 is 59.2. The summed E-state index contributed by atoms with van der Waals surface area (Å²) in [6.45, 7) is 0. The number of benzene rings is 5. The van der Waals surface area contributed by atoms with Gasteiger partial charge in [-0.15, -0.1) is 31.8 Å². The Morgan fingerprint density at radius 1 is 0.357 bits per heavy atom. The second-order valence-electron chi connectivity index (χ2n) is 10.8. The zero-order valence-electron chi connectivity index (χ0n) is 29.1. The molecule has 0 N–H and O–H groups in total. The molecule has 0 aliphatic carbocycles. The summed E-state index contributed by atoms with van der Waals surface area (Å²) in [5.41, 5.74) is 5.29. The fourth-order valence-corrected chi connectivity index (χ4v) is 3.97. The molecule has 0 saturated heterocycles. The fraction of sp³-hybridized carbons (Fsp3) is 0. The van der Waals surface area contributed by atoms with E-state index in [2.05, 4.69) is 41.1 Å². The second kappa shape index (κ2) is 21.1. The predicted molar refractivity (Wildman–Crippen MR) is 208 cm³/mol. The standard InChI is InChI=1S/C18H14N2.2C11H9N3.F6P.Ru/c1-3-9-15(10-4-1)19-17-13-7-8-14-18(17)20-16-11-5-2-6-12-16;2*1-2-6-10(7-3-1)13-14-11-8-4-5-9-12-11;1-7(2,3,4,5)6;/h1-14H;2*1-9H;;/q-2;;;-1;+3. The largest absolute Gasteiger partial charge is 3.00 e. The van der Waals surface area contributed by atoms with Crippen LogP contribution >= 0.6 is 7.81 Å². The molecule has 8 nitrogen and oxygen atoms in total. The van der Waals surface area contributed by atoms with Crippen LogP contribution in [0.25, 0.3) is 10.6 Å². The summed E-state index contributed by atoms with van der Waals surface area (Å²) in [5.74, 6) is 1.24. The fourth-order valence-electron chi connectivity index (χ4n) is 3.97. The molecule has 7 aromatic rings. The number of aromatic nitrogens is 2. The van der Waals surface area contributed by atoms with Gasteiger partial charge in [-0.2, -0.15) is 11.4 Å². The van der Waals surface area contributed by atoms with Gasteiger partial charge in [-0.3, -0.25) is 0 Å². The first-order chi connectivity index (χ1) is 26.3. The Morgan fingerprint density at radius 3 is 0.946 bits per heavy atom. The third-order valence-electron chi connectivity index (χ3n) is 6.24. The summed E-state index contributed by atoms with van der Waals surface area (Å²) >= 11 is 0. The predicted octanol–water partition coefficient (Wildman–Crippen LogP) is 16.7. The molecule has 2 heterocycles. The summed E-state index contributed by atoms with van der Waals surface area (Å²) in [7, 11) is -10.7. The number of nitrogens with zero attached hydrogens (tertiary/aromatic N) is 8. The van der Waals surface area contributed by atoms with E-state index >= 15 is 0 Å². The van der Waals surface area contributed by atoms with Crippen molar-refractivity contribution < 1.29 is 44.7 Å². The Balaban J connectivity index is 0.000000210. The number of halogens is 6. The third-order valence-corrected chi connectivity index (χ3v) is 6.24. The average Bonchev–Trinajstić information content (AvgIpc) is 3.19. The van der Waals surface area contributed by atoms with Crippen molar-refractivity contribution in [3.63, 3.8) is 0 Å². The van der Waals surface area contributed by atoms with Crippen LogP contribution in [0.2, 0.25) is 0 Å². The van der Waals surface area contributed by atoms with Crippen LogP contribution in [0.5, 0.6) is 0 Å².